The second-order valence-corrected chi connectivity index (χ2v) is 5.64. The Bertz CT molecular complexity index is 352. The molecule has 0 saturated heterocycles. The molecule has 4 heteroatoms. The monoisotopic (exact) mass is 250 g/mol. The first-order valence-corrected chi connectivity index (χ1v) is 7.23. The summed E-state index contributed by atoms with van der Waals surface area (Å²) in [7, 11) is 0. The van der Waals surface area contributed by atoms with E-state index in [1.807, 2.05) is 6.20 Å². The van der Waals surface area contributed by atoms with Crippen LogP contribution in [0.15, 0.2) is 12.4 Å². The van der Waals surface area contributed by atoms with E-state index in [-0.39, 0.29) is 6.04 Å². The Hall–Kier alpha value is -0.870. The van der Waals surface area contributed by atoms with Crippen molar-refractivity contribution in [2.45, 2.75) is 58.5 Å². The summed E-state index contributed by atoms with van der Waals surface area (Å²) in [5, 5.41) is 0. The first kappa shape index (κ1) is 13.6. The third-order valence-corrected chi connectivity index (χ3v) is 4.20. The van der Waals surface area contributed by atoms with Crippen molar-refractivity contribution in [3.63, 3.8) is 0 Å². The molecule has 1 unspecified atom stereocenters. The van der Waals surface area contributed by atoms with E-state index in [4.69, 9.17) is 5.84 Å². The lowest BCUT2D eigenvalue weighted by molar-refractivity contribution is 0.223. The first-order chi connectivity index (χ1) is 8.76. The number of nitrogens with one attached hydrogen (secondary N) is 1. The largest absolute Gasteiger partial charge is 0.334 e. The van der Waals surface area contributed by atoms with Crippen molar-refractivity contribution in [3.8, 4) is 0 Å². The number of nitrogens with two attached hydrogens (primary N) is 1. The smallest absolute Gasteiger partial charge is 0.127 e. The second kappa shape index (κ2) is 6.34. The summed E-state index contributed by atoms with van der Waals surface area (Å²) >= 11 is 0. The van der Waals surface area contributed by atoms with E-state index < -0.39 is 0 Å². The van der Waals surface area contributed by atoms with Crippen molar-refractivity contribution in [3.05, 3.63) is 18.2 Å². The number of aromatic nitrogens is 2. The molecule has 1 aliphatic carbocycles. The zero-order valence-corrected chi connectivity index (χ0v) is 11.6. The summed E-state index contributed by atoms with van der Waals surface area (Å²) in [6.07, 6.45) is 10.2. The SMILES string of the molecule is CCCn1ccnc1C(NN)C1CCC(C)CC1. The van der Waals surface area contributed by atoms with Crippen molar-refractivity contribution < 1.29 is 0 Å². The fourth-order valence-corrected chi connectivity index (χ4v) is 3.07. The van der Waals surface area contributed by atoms with Gasteiger partial charge in [-0.3, -0.25) is 5.84 Å². The van der Waals surface area contributed by atoms with Gasteiger partial charge in [-0.15, -0.1) is 0 Å². The standard InChI is InChI=1S/C14H26N4/c1-3-9-18-10-8-16-14(18)13(17-15)12-6-4-11(2)5-7-12/h8,10-13,17H,3-7,9,15H2,1-2H3. The fraction of sp³-hybridized carbons (Fsp3) is 0.786. The van der Waals surface area contributed by atoms with E-state index >= 15 is 0 Å². The molecule has 0 amide bonds. The molecule has 2 rings (SSSR count). The molecule has 0 aromatic carbocycles. The van der Waals surface area contributed by atoms with Crippen molar-refractivity contribution in [2.75, 3.05) is 0 Å². The molecule has 1 heterocycles. The van der Waals surface area contributed by atoms with Crippen LogP contribution in [0.4, 0.5) is 0 Å². The molecule has 0 spiro atoms. The van der Waals surface area contributed by atoms with Gasteiger partial charge in [-0.2, -0.15) is 0 Å². The van der Waals surface area contributed by atoms with Crippen LogP contribution in [0.3, 0.4) is 0 Å². The zero-order valence-electron chi connectivity index (χ0n) is 11.6. The zero-order chi connectivity index (χ0) is 13.0. The average Bonchev–Trinajstić information content (AvgIpc) is 2.82. The van der Waals surface area contributed by atoms with Gasteiger partial charge in [-0.25, -0.2) is 10.4 Å². The fourth-order valence-electron chi connectivity index (χ4n) is 3.07. The summed E-state index contributed by atoms with van der Waals surface area (Å²) in [4.78, 5) is 4.52. The highest BCUT2D eigenvalue weighted by Gasteiger charge is 2.29. The predicted molar refractivity (Wildman–Crippen MR) is 73.7 cm³/mol. The molecule has 1 aromatic heterocycles. The van der Waals surface area contributed by atoms with Crippen molar-refractivity contribution in [1.82, 2.24) is 15.0 Å². The van der Waals surface area contributed by atoms with Gasteiger partial charge in [-0.1, -0.05) is 26.7 Å². The third-order valence-electron chi connectivity index (χ3n) is 4.20. The first-order valence-electron chi connectivity index (χ1n) is 7.23. The van der Waals surface area contributed by atoms with Crippen molar-refractivity contribution in [1.29, 1.82) is 0 Å². The molecular formula is C14H26N4. The Morgan fingerprint density at radius 3 is 2.78 bits per heavy atom. The van der Waals surface area contributed by atoms with Crippen LogP contribution in [0, 0.1) is 11.8 Å². The number of imidazole rings is 1. The summed E-state index contributed by atoms with van der Waals surface area (Å²) in [6, 6.07) is 0.207. The van der Waals surface area contributed by atoms with Gasteiger partial charge in [0.1, 0.15) is 5.82 Å². The number of rotatable bonds is 5. The van der Waals surface area contributed by atoms with Crippen LogP contribution >= 0.6 is 0 Å². The van der Waals surface area contributed by atoms with Crippen LogP contribution in [0.2, 0.25) is 0 Å². The van der Waals surface area contributed by atoms with Gasteiger partial charge in [0.25, 0.3) is 0 Å². The molecule has 1 saturated carbocycles. The summed E-state index contributed by atoms with van der Waals surface area (Å²) in [5.41, 5.74) is 3.00. The molecule has 3 N–H and O–H groups in total. The van der Waals surface area contributed by atoms with Crippen LogP contribution in [0.25, 0.3) is 0 Å². The average molecular weight is 250 g/mol. The Labute approximate surface area is 110 Å². The second-order valence-electron chi connectivity index (χ2n) is 5.64. The Balaban J connectivity index is 2.09. The maximum absolute atomic E-state index is 5.79. The van der Waals surface area contributed by atoms with Gasteiger partial charge < -0.3 is 4.57 Å². The van der Waals surface area contributed by atoms with E-state index in [2.05, 4.69) is 35.0 Å². The van der Waals surface area contributed by atoms with Crippen LogP contribution in [-0.4, -0.2) is 9.55 Å². The summed E-state index contributed by atoms with van der Waals surface area (Å²) in [5.74, 6) is 8.40. The molecule has 0 radical (unpaired) electrons. The maximum atomic E-state index is 5.79. The third kappa shape index (κ3) is 2.93. The number of aryl methyl sites for hydroxylation is 1. The Morgan fingerprint density at radius 1 is 1.44 bits per heavy atom. The normalized spacial score (nSPS) is 26.2. The molecule has 1 fully saturated rings. The predicted octanol–water partition coefficient (Wildman–Crippen LogP) is 2.62. The molecule has 1 aliphatic rings. The minimum Gasteiger partial charge on any atom is -0.334 e. The highest BCUT2D eigenvalue weighted by Crippen LogP contribution is 2.35. The van der Waals surface area contributed by atoms with Crippen LogP contribution < -0.4 is 11.3 Å². The van der Waals surface area contributed by atoms with Gasteiger partial charge in [0, 0.05) is 18.9 Å². The molecule has 1 aromatic rings. The molecule has 4 nitrogen and oxygen atoms in total. The molecule has 0 bridgehead atoms. The van der Waals surface area contributed by atoms with E-state index in [9.17, 15) is 0 Å². The minimum absolute atomic E-state index is 0.207. The van der Waals surface area contributed by atoms with Crippen molar-refractivity contribution >= 4 is 0 Å². The maximum Gasteiger partial charge on any atom is 0.127 e. The van der Waals surface area contributed by atoms with Crippen LogP contribution in [0.5, 0.6) is 0 Å². The molecule has 1 atom stereocenters. The Kier molecular flexibility index (Phi) is 4.78. The number of hydrogen-bond acceptors (Lipinski definition) is 3. The quantitative estimate of drug-likeness (QED) is 0.624. The van der Waals surface area contributed by atoms with Gasteiger partial charge in [0.15, 0.2) is 0 Å². The minimum atomic E-state index is 0.207. The highest BCUT2D eigenvalue weighted by molar-refractivity contribution is 5.02. The van der Waals surface area contributed by atoms with Gasteiger partial charge in [-0.05, 0) is 31.1 Å². The van der Waals surface area contributed by atoms with Crippen molar-refractivity contribution in [2.24, 2.45) is 17.7 Å². The lowest BCUT2D eigenvalue weighted by Gasteiger charge is -2.32. The van der Waals surface area contributed by atoms with E-state index in [0.29, 0.717) is 5.92 Å². The number of nitrogens with zero attached hydrogens (tertiary/aromatic N) is 2. The Morgan fingerprint density at radius 2 is 2.17 bits per heavy atom. The van der Waals surface area contributed by atoms with Gasteiger partial charge in [0.2, 0.25) is 0 Å². The molecule has 0 aliphatic heterocycles. The number of hydrogen-bond donors (Lipinski definition) is 2. The van der Waals surface area contributed by atoms with E-state index in [1.54, 1.807) is 0 Å². The van der Waals surface area contributed by atoms with Gasteiger partial charge in [0.05, 0.1) is 6.04 Å². The topological polar surface area (TPSA) is 55.9 Å². The lowest BCUT2D eigenvalue weighted by Crippen LogP contribution is -2.37. The molecular weight excluding hydrogens is 224 g/mol. The molecule has 102 valence electrons. The van der Waals surface area contributed by atoms with Crippen LogP contribution in [0.1, 0.15) is 57.8 Å². The van der Waals surface area contributed by atoms with E-state index in [1.165, 1.54) is 25.7 Å². The lowest BCUT2D eigenvalue weighted by atomic mass is 9.79. The highest BCUT2D eigenvalue weighted by atomic mass is 15.3. The van der Waals surface area contributed by atoms with Gasteiger partial charge >= 0.3 is 0 Å². The van der Waals surface area contributed by atoms with E-state index in [0.717, 1.165) is 24.7 Å². The summed E-state index contributed by atoms with van der Waals surface area (Å²) < 4.78 is 2.24. The molecule has 18 heavy (non-hydrogen) atoms. The number of hydrazine groups is 1. The van der Waals surface area contributed by atoms with Crippen LogP contribution in [-0.2, 0) is 6.54 Å². The summed E-state index contributed by atoms with van der Waals surface area (Å²) in [6.45, 7) is 5.56.